The highest BCUT2D eigenvalue weighted by Crippen LogP contribution is 2.33. The number of nitrogens with one attached hydrogen (secondary N) is 1. The molecule has 0 saturated heterocycles. The number of para-hydroxylation sites is 1. The maximum atomic E-state index is 12.1. The second-order valence-corrected chi connectivity index (χ2v) is 7.76. The number of nitrogens with zero attached hydrogens (tertiary/aromatic N) is 1. The van der Waals surface area contributed by atoms with Gasteiger partial charge in [-0.25, -0.2) is 8.42 Å². The first-order valence-corrected chi connectivity index (χ1v) is 9.66. The van der Waals surface area contributed by atoms with E-state index in [2.05, 4.69) is 5.32 Å². The molecule has 1 amide bonds. The van der Waals surface area contributed by atoms with Crippen molar-refractivity contribution >= 4 is 50.5 Å². The van der Waals surface area contributed by atoms with Gasteiger partial charge in [0.1, 0.15) is 0 Å². The van der Waals surface area contributed by atoms with Crippen molar-refractivity contribution in [1.82, 2.24) is 0 Å². The van der Waals surface area contributed by atoms with Crippen molar-refractivity contribution in [3.8, 4) is 0 Å². The van der Waals surface area contributed by atoms with Crippen LogP contribution in [0, 0.1) is 0 Å². The highest BCUT2D eigenvalue weighted by molar-refractivity contribution is 7.92. The molecular weight excluding hydrogens is 371 g/mol. The SMILES string of the molecule is CS(=O)(=O)N(CCC(=O)Nc1ccccc1)c1cccc(Cl)c1Cl. The first kappa shape index (κ1) is 18.6. The maximum absolute atomic E-state index is 12.1. The number of hydrogen-bond donors (Lipinski definition) is 1. The molecule has 5 nitrogen and oxygen atoms in total. The molecule has 0 spiro atoms. The smallest absolute Gasteiger partial charge is 0.232 e. The van der Waals surface area contributed by atoms with E-state index in [9.17, 15) is 13.2 Å². The molecule has 0 aliphatic carbocycles. The van der Waals surface area contributed by atoms with Gasteiger partial charge in [-0.15, -0.1) is 0 Å². The van der Waals surface area contributed by atoms with Crippen LogP contribution in [0.15, 0.2) is 48.5 Å². The summed E-state index contributed by atoms with van der Waals surface area (Å²) in [6.07, 6.45) is 1.03. The molecule has 8 heteroatoms. The largest absolute Gasteiger partial charge is 0.326 e. The fourth-order valence-electron chi connectivity index (χ4n) is 2.10. The summed E-state index contributed by atoms with van der Waals surface area (Å²) in [5, 5.41) is 3.09. The summed E-state index contributed by atoms with van der Waals surface area (Å²) in [6, 6.07) is 13.6. The summed E-state index contributed by atoms with van der Waals surface area (Å²) < 4.78 is 25.2. The van der Waals surface area contributed by atoms with Crippen molar-refractivity contribution in [2.45, 2.75) is 6.42 Å². The van der Waals surface area contributed by atoms with Gasteiger partial charge in [0.2, 0.25) is 15.9 Å². The molecule has 0 aliphatic rings. The molecule has 0 aromatic heterocycles. The average Bonchev–Trinajstić information content (AvgIpc) is 2.51. The van der Waals surface area contributed by atoms with E-state index in [0.29, 0.717) is 5.69 Å². The minimum Gasteiger partial charge on any atom is -0.326 e. The summed E-state index contributed by atoms with van der Waals surface area (Å²) in [5.74, 6) is -0.298. The highest BCUT2D eigenvalue weighted by atomic mass is 35.5. The number of halogens is 2. The van der Waals surface area contributed by atoms with E-state index < -0.39 is 10.0 Å². The molecule has 0 bridgehead atoms. The van der Waals surface area contributed by atoms with Gasteiger partial charge < -0.3 is 5.32 Å². The zero-order valence-electron chi connectivity index (χ0n) is 12.9. The third kappa shape index (κ3) is 4.87. The van der Waals surface area contributed by atoms with E-state index in [0.717, 1.165) is 10.6 Å². The maximum Gasteiger partial charge on any atom is 0.232 e. The van der Waals surface area contributed by atoms with E-state index in [1.165, 1.54) is 0 Å². The van der Waals surface area contributed by atoms with Crippen LogP contribution in [0.1, 0.15) is 6.42 Å². The normalized spacial score (nSPS) is 11.1. The number of rotatable bonds is 6. The van der Waals surface area contributed by atoms with Gasteiger partial charge >= 0.3 is 0 Å². The fourth-order valence-corrected chi connectivity index (χ4v) is 3.48. The summed E-state index contributed by atoms with van der Waals surface area (Å²) in [5.41, 5.74) is 0.897. The molecule has 0 heterocycles. The van der Waals surface area contributed by atoms with Crippen LogP contribution >= 0.6 is 23.2 Å². The minimum atomic E-state index is -3.62. The molecule has 2 aromatic carbocycles. The number of hydrogen-bond acceptors (Lipinski definition) is 3. The number of amides is 1. The molecule has 2 rings (SSSR count). The first-order chi connectivity index (χ1) is 11.3. The number of benzene rings is 2. The van der Waals surface area contributed by atoms with Gasteiger partial charge in [-0.2, -0.15) is 0 Å². The van der Waals surface area contributed by atoms with Gasteiger partial charge in [-0.1, -0.05) is 47.5 Å². The van der Waals surface area contributed by atoms with Crippen molar-refractivity contribution in [3.05, 3.63) is 58.6 Å². The number of sulfonamides is 1. The molecular formula is C16H16Cl2N2O3S. The molecule has 0 atom stereocenters. The van der Waals surface area contributed by atoms with Crippen LogP contribution in [0.3, 0.4) is 0 Å². The molecule has 128 valence electrons. The summed E-state index contributed by atoms with van der Waals surface area (Å²) in [4.78, 5) is 12.0. The number of carbonyl (C=O) groups is 1. The lowest BCUT2D eigenvalue weighted by Gasteiger charge is -2.23. The lowest BCUT2D eigenvalue weighted by atomic mass is 10.3. The lowest BCUT2D eigenvalue weighted by Crippen LogP contribution is -2.33. The van der Waals surface area contributed by atoms with Crippen molar-refractivity contribution < 1.29 is 13.2 Å². The molecule has 0 aliphatic heterocycles. The predicted molar refractivity (Wildman–Crippen MR) is 98.3 cm³/mol. The predicted octanol–water partition coefficient (Wildman–Crippen LogP) is 3.79. The van der Waals surface area contributed by atoms with Gasteiger partial charge in [-0.05, 0) is 24.3 Å². The zero-order valence-corrected chi connectivity index (χ0v) is 15.2. The molecule has 0 saturated carbocycles. The summed E-state index contributed by atoms with van der Waals surface area (Å²) >= 11 is 12.0. The van der Waals surface area contributed by atoms with E-state index >= 15 is 0 Å². The van der Waals surface area contributed by atoms with E-state index in [4.69, 9.17) is 23.2 Å². The van der Waals surface area contributed by atoms with Crippen LogP contribution in [0.5, 0.6) is 0 Å². The Morgan fingerprint density at radius 2 is 1.75 bits per heavy atom. The van der Waals surface area contributed by atoms with Crippen LogP contribution in [0.4, 0.5) is 11.4 Å². The Balaban J connectivity index is 2.13. The van der Waals surface area contributed by atoms with Crippen LogP contribution in [-0.4, -0.2) is 27.1 Å². The topological polar surface area (TPSA) is 66.5 Å². The van der Waals surface area contributed by atoms with Gasteiger partial charge in [-0.3, -0.25) is 9.10 Å². The Hall–Kier alpha value is -1.76. The number of anilines is 2. The molecule has 0 unspecified atom stereocenters. The average molecular weight is 387 g/mol. The molecule has 0 fully saturated rings. The monoisotopic (exact) mass is 386 g/mol. The highest BCUT2D eigenvalue weighted by Gasteiger charge is 2.22. The fraction of sp³-hybridized carbons (Fsp3) is 0.188. The van der Waals surface area contributed by atoms with Crippen molar-refractivity contribution in [2.75, 3.05) is 22.4 Å². The minimum absolute atomic E-state index is 0.0230. The van der Waals surface area contributed by atoms with E-state index in [-0.39, 0.29) is 34.6 Å². The number of carbonyl (C=O) groups excluding carboxylic acids is 1. The Morgan fingerprint density at radius 1 is 1.08 bits per heavy atom. The first-order valence-electron chi connectivity index (χ1n) is 7.05. The van der Waals surface area contributed by atoms with Crippen LogP contribution < -0.4 is 9.62 Å². The quantitative estimate of drug-likeness (QED) is 0.820. The third-order valence-corrected chi connectivity index (χ3v) is 5.19. The van der Waals surface area contributed by atoms with Crippen molar-refractivity contribution in [2.24, 2.45) is 0 Å². The van der Waals surface area contributed by atoms with Crippen LogP contribution in [0.25, 0.3) is 0 Å². The van der Waals surface area contributed by atoms with Gasteiger partial charge in [0.05, 0.1) is 22.0 Å². The molecule has 2 aromatic rings. The van der Waals surface area contributed by atoms with Crippen molar-refractivity contribution in [3.63, 3.8) is 0 Å². The second-order valence-electron chi connectivity index (χ2n) is 5.07. The molecule has 1 N–H and O–H groups in total. The Bertz CT molecular complexity index is 826. The van der Waals surface area contributed by atoms with E-state index in [1.54, 1.807) is 42.5 Å². The van der Waals surface area contributed by atoms with Gasteiger partial charge in [0.15, 0.2) is 0 Å². The van der Waals surface area contributed by atoms with Crippen LogP contribution in [-0.2, 0) is 14.8 Å². The Morgan fingerprint density at radius 3 is 2.38 bits per heavy atom. The van der Waals surface area contributed by atoms with Crippen LogP contribution in [0.2, 0.25) is 10.0 Å². The van der Waals surface area contributed by atoms with Gasteiger partial charge in [0, 0.05) is 18.7 Å². The second kappa shape index (κ2) is 7.88. The standard InChI is InChI=1S/C16H16Cl2N2O3S/c1-24(22,23)20(14-9-5-8-13(17)16(14)18)11-10-15(21)19-12-6-3-2-4-7-12/h2-9H,10-11H2,1H3,(H,19,21). The van der Waals surface area contributed by atoms with E-state index in [1.807, 2.05) is 6.07 Å². The lowest BCUT2D eigenvalue weighted by molar-refractivity contribution is -0.116. The molecule has 0 radical (unpaired) electrons. The third-order valence-electron chi connectivity index (χ3n) is 3.20. The molecule has 24 heavy (non-hydrogen) atoms. The van der Waals surface area contributed by atoms with Crippen molar-refractivity contribution in [1.29, 1.82) is 0 Å². The Kier molecular flexibility index (Phi) is 6.10. The summed E-state index contributed by atoms with van der Waals surface area (Å²) in [7, 11) is -3.62. The van der Waals surface area contributed by atoms with Gasteiger partial charge in [0.25, 0.3) is 0 Å². The Labute approximate surface area is 151 Å². The zero-order chi connectivity index (χ0) is 17.7. The summed E-state index contributed by atoms with van der Waals surface area (Å²) in [6.45, 7) is -0.0441.